The van der Waals surface area contributed by atoms with Crippen molar-refractivity contribution in [3.63, 3.8) is 0 Å². The molecule has 6 nitrogen and oxygen atoms in total. The molecule has 12 aromatic rings. The van der Waals surface area contributed by atoms with Gasteiger partial charge in [-0.05, 0) is 59.7 Å². The van der Waals surface area contributed by atoms with Crippen LogP contribution in [0.3, 0.4) is 0 Å². The lowest BCUT2D eigenvalue weighted by atomic mass is 10.1. The minimum absolute atomic E-state index is 0.529. The predicted octanol–water partition coefficient (Wildman–Crippen LogP) is 13.4. The smallest absolute Gasteiger partial charge is 0.167 e. The van der Waals surface area contributed by atoms with Crippen molar-refractivity contribution in [2.45, 2.75) is 0 Å². The van der Waals surface area contributed by atoms with Crippen LogP contribution >= 0.6 is 0 Å². The molecule has 8 aromatic carbocycles. The summed E-state index contributed by atoms with van der Waals surface area (Å²) in [6.07, 6.45) is 0. The van der Waals surface area contributed by atoms with E-state index >= 15 is 0 Å². The zero-order chi connectivity index (χ0) is 37.5. The quantitative estimate of drug-likeness (QED) is 0.176. The SMILES string of the molecule is c1ccc(-c2ccc(-n3c4ccccc4c4ccc5c6cccc(-c7nc(-c8ccccc8)nc(-c8ccc9c(c8)oc8ccccc89)n7)c6oc5c43)cc2)cc1. The Labute approximate surface area is 325 Å². The Kier molecular flexibility index (Phi) is 6.83. The first kappa shape index (κ1) is 31.5. The second kappa shape index (κ2) is 12.3. The number of hydrogen-bond acceptors (Lipinski definition) is 5. The van der Waals surface area contributed by atoms with Gasteiger partial charge in [-0.15, -0.1) is 0 Å². The third-order valence-corrected chi connectivity index (χ3v) is 11.1. The molecule has 12 rings (SSSR count). The van der Waals surface area contributed by atoms with Crippen molar-refractivity contribution in [3.05, 3.63) is 182 Å². The Hall–Kier alpha value is -7.83. The van der Waals surface area contributed by atoms with Crippen molar-refractivity contribution in [1.29, 1.82) is 0 Å². The largest absolute Gasteiger partial charge is 0.456 e. The van der Waals surface area contributed by atoms with E-state index in [2.05, 4.69) is 120 Å². The molecular weight excluding hydrogens is 701 g/mol. The van der Waals surface area contributed by atoms with Crippen molar-refractivity contribution in [2.75, 3.05) is 0 Å². The van der Waals surface area contributed by atoms with Crippen LogP contribution < -0.4 is 0 Å². The maximum Gasteiger partial charge on any atom is 0.167 e. The molecule has 4 heterocycles. The van der Waals surface area contributed by atoms with Crippen LogP contribution in [0.1, 0.15) is 0 Å². The Bertz CT molecular complexity index is 3510. The number of hydrogen-bond donors (Lipinski definition) is 0. The van der Waals surface area contributed by atoms with Gasteiger partial charge >= 0.3 is 0 Å². The van der Waals surface area contributed by atoms with Gasteiger partial charge in [-0.3, -0.25) is 0 Å². The van der Waals surface area contributed by atoms with Crippen LogP contribution in [0.2, 0.25) is 0 Å². The third-order valence-electron chi connectivity index (χ3n) is 11.1. The fourth-order valence-electron chi connectivity index (χ4n) is 8.39. The van der Waals surface area contributed by atoms with Gasteiger partial charge in [-0.1, -0.05) is 133 Å². The van der Waals surface area contributed by atoms with Crippen LogP contribution in [-0.4, -0.2) is 19.5 Å². The number of para-hydroxylation sites is 3. The van der Waals surface area contributed by atoms with E-state index in [4.69, 9.17) is 23.8 Å². The fourth-order valence-corrected chi connectivity index (χ4v) is 8.39. The summed E-state index contributed by atoms with van der Waals surface area (Å²) in [6, 6.07) is 62.7. The molecule has 0 N–H and O–H groups in total. The van der Waals surface area contributed by atoms with E-state index in [-0.39, 0.29) is 0 Å². The Morgan fingerprint density at radius 2 is 0.930 bits per heavy atom. The predicted molar refractivity (Wildman–Crippen MR) is 230 cm³/mol. The maximum atomic E-state index is 7.08. The molecule has 0 radical (unpaired) electrons. The Morgan fingerprint density at radius 1 is 0.351 bits per heavy atom. The van der Waals surface area contributed by atoms with E-state index in [1.807, 2.05) is 66.7 Å². The lowest BCUT2D eigenvalue weighted by Crippen LogP contribution is -2.00. The lowest BCUT2D eigenvalue weighted by molar-refractivity contribution is 0.669. The number of benzene rings is 8. The molecule has 0 unspecified atom stereocenters. The molecule has 0 aliphatic heterocycles. The van der Waals surface area contributed by atoms with E-state index < -0.39 is 0 Å². The molecule has 0 bridgehead atoms. The average Bonchev–Trinajstić information content (AvgIpc) is 3.96. The zero-order valence-corrected chi connectivity index (χ0v) is 30.4. The van der Waals surface area contributed by atoms with Crippen LogP contribution in [0.15, 0.2) is 191 Å². The second-order valence-corrected chi connectivity index (χ2v) is 14.4. The number of nitrogens with zero attached hydrogens (tertiary/aromatic N) is 4. The summed E-state index contributed by atoms with van der Waals surface area (Å²) in [5, 5.41) is 6.44. The highest BCUT2D eigenvalue weighted by atomic mass is 16.3. The molecular formula is C51H30N4O2. The van der Waals surface area contributed by atoms with Gasteiger partial charge in [0.2, 0.25) is 0 Å². The summed E-state index contributed by atoms with van der Waals surface area (Å²) >= 11 is 0. The van der Waals surface area contributed by atoms with Gasteiger partial charge in [0.25, 0.3) is 0 Å². The normalized spacial score (nSPS) is 11.9. The molecule has 0 aliphatic carbocycles. The molecule has 0 amide bonds. The first-order valence-electron chi connectivity index (χ1n) is 19.0. The summed E-state index contributed by atoms with van der Waals surface area (Å²) in [7, 11) is 0. The number of fused-ring (bicyclic) bond motifs is 10. The van der Waals surface area contributed by atoms with Crippen molar-refractivity contribution in [1.82, 2.24) is 19.5 Å². The van der Waals surface area contributed by atoms with Gasteiger partial charge in [0.15, 0.2) is 23.1 Å². The van der Waals surface area contributed by atoms with Crippen molar-refractivity contribution in [2.24, 2.45) is 0 Å². The summed E-state index contributed by atoms with van der Waals surface area (Å²) in [6.45, 7) is 0. The highest BCUT2D eigenvalue weighted by molar-refractivity contribution is 6.22. The Balaban J connectivity index is 1.08. The highest BCUT2D eigenvalue weighted by Crippen LogP contribution is 2.43. The van der Waals surface area contributed by atoms with Crippen LogP contribution in [0.25, 0.3) is 117 Å². The van der Waals surface area contributed by atoms with E-state index in [0.717, 1.165) is 82.7 Å². The van der Waals surface area contributed by atoms with E-state index in [1.54, 1.807) is 0 Å². The molecule has 0 atom stereocenters. The second-order valence-electron chi connectivity index (χ2n) is 14.4. The van der Waals surface area contributed by atoms with Crippen LogP contribution in [0.4, 0.5) is 0 Å². The molecule has 0 saturated carbocycles. The monoisotopic (exact) mass is 730 g/mol. The topological polar surface area (TPSA) is 69.9 Å². The molecule has 0 spiro atoms. The van der Waals surface area contributed by atoms with Crippen molar-refractivity contribution >= 4 is 65.7 Å². The minimum atomic E-state index is 0.529. The molecule has 4 aromatic heterocycles. The molecule has 0 saturated heterocycles. The van der Waals surface area contributed by atoms with E-state index in [1.165, 1.54) is 16.5 Å². The van der Waals surface area contributed by atoms with Crippen LogP contribution in [0.5, 0.6) is 0 Å². The van der Waals surface area contributed by atoms with Crippen LogP contribution in [0, 0.1) is 0 Å². The van der Waals surface area contributed by atoms with Crippen LogP contribution in [-0.2, 0) is 0 Å². The van der Waals surface area contributed by atoms with E-state index in [9.17, 15) is 0 Å². The maximum absolute atomic E-state index is 7.08. The molecule has 57 heavy (non-hydrogen) atoms. The van der Waals surface area contributed by atoms with Gasteiger partial charge < -0.3 is 13.4 Å². The first-order valence-corrected chi connectivity index (χ1v) is 19.0. The van der Waals surface area contributed by atoms with E-state index in [0.29, 0.717) is 17.5 Å². The molecule has 6 heteroatoms. The average molecular weight is 731 g/mol. The van der Waals surface area contributed by atoms with Gasteiger partial charge in [0, 0.05) is 49.1 Å². The standard InChI is InChI=1S/C51H30N4O2/c1-3-12-31(13-4-1)32-22-25-35(26-23-32)55-43-20-9-7-16-36(43)39-28-29-41-40-18-11-19-42(47(40)57-48(41)46(39)55)51-53-49(33-14-5-2-6-15-33)52-50(54-51)34-24-27-38-37-17-8-10-21-44(37)56-45(38)30-34/h1-30H. The summed E-state index contributed by atoms with van der Waals surface area (Å²) in [5.41, 5.74) is 11.2. The summed E-state index contributed by atoms with van der Waals surface area (Å²) in [5.74, 6) is 1.66. The lowest BCUT2D eigenvalue weighted by Gasteiger charge is -2.10. The first-order chi connectivity index (χ1) is 28.2. The Morgan fingerprint density at radius 3 is 1.75 bits per heavy atom. The molecule has 0 fully saturated rings. The molecule has 0 aliphatic rings. The fraction of sp³-hybridized carbons (Fsp3) is 0. The highest BCUT2D eigenvalue weighted by Gasteiger charge is 2.22. The molecule has 266 valence electrons. The van der Waals surface area contributed by atoms with Gasteiger partial charge in [-0.2, -0.15) is 0 Å². The summed E-state index contributed by atoms with van der Waals surface area (Å²) < 4.78 is 15.7. The van der Waals surface area contributed by atoms with Gasteiger partial charge in [0.05, 0.1) is 16.6 Å². The minimum Gasteiger partial charge on any atom is -0.456 e. The van der Waals surface area contributed by atoms with Crippen molar-refractivity contribution < 1.29 is 8.83 Å². The summed E-state index contributed by atoms with van der Waals surface area (Å²) in [4.78, 5) is 15.3. The number of furan rings is 2. The van der Waals surface area contributed by atoms with Crippen molar-refractivity contribution in [3.8, 4) is 51.0 Å². The van der Waals surface area contributed by atoms with Gasteiger partial charge in [-0.25, -0.2) is 15.0 Å². The number of aromatic nitrogens is 4. The number of rotatable bonds is 5. The zero-order valence-electron chi connectivity index (χ0n) is 30.4. The van der Waals surface area contributed by atoms with Gasteiger partial charge in [0.1, 0.15) is 16.7 Å². The third kappa shape index (κ3) is 4.94.